The van der Waals surface area contributed by atoms with Crippen LogP contribution < -0.4 is 5.32 Å². The summed E-state index contributed by atoms with van der Waals surface area (Å²) in [5, 5.41) is 6.97. The highest BCUT2D eigenvalue weighted by Crippen LogP contribution is 2.32. The van der Waals surface area contributed by atoms with Gasteiger partial charge in [0.1, 0.15) is 10.3 Å². The highest BCUT2D eigenvalue weighted by molar-refractivity contribution is 7.91. The largest absolute Gasteiger partial charge is 0.301 e. The van der Waals surface area contributed by atoms with Crippen LogP contribution in [0.5, 0.6) is 0 Å². The zero-order valence-corrected chi connectivity index (χ0v) is 19.5. The van der Waals surface area contributed by atoms with Gasteiger partial charge in [-0.25, -0.2) is 13.4 Å². The highest BCUT2D eigenvalue weighted by atomic mass is 32.2. The third-order valence-electron chi connectivity index (χ3n) is 5.23. The predicted molar refractivity (Wildman–Crippen MR) is 122 cm³/mol. The molecule has 1 unspecified atom stereocenters. The molecule has 6 nitrogen and oxygen atoms in total. The highest BCUT2D eigenvalue weighted by Gasteiger charge is 2.40. The third-order valence-corrected chi connectivity index (χ3v) is 9.27. The standard InChI is InChI=1S/C21H23N3O3S3/c1-13-10-14(2)19(15(3)11-13)16-12-29-21(22-16)23-20(25)17-6-4-8-24(17)30(26,27)18-7-5-9-28-18/h5,7,9-12,17H,4,6,8H2,1-3H3,(H,22,23,25). The lowest BCUT2D eigenvalue weighted by molar-refractivity contribution is -0.119. The van der Waals surface area contributed by atoms with Crippen LogP contribution in [-0.2, 0) is 14.8 Å². The zero-order chi connectivity index (χ0) is 21.5. The van der Waals surface area contributed by atoms with Gasteiger partial charge in [-0.3, -0.25) is 4.79 Å². The molecule has 3 heterocycles. The average molecular weight is 462 g/mol. The van der Waals surface area contributed by atoms with Crippen molar-refractivity contribution in [3.8, 4) is 11.3 Å². The summed E-state index contributed by atoms with van der Waals surface area (Å²) in [5.74, 6) is -0.328. The average Bonchev–Trinajstić information content (AvgIpc) is 3.43. The lowest BCUT2D eigenvalue weighted by Gasteiger charge is -2.22. The van der Waals surface area contributed by atoms with Crippen molar-refractivity contribution in [1.29, 1.82) is 0 Å². The van der Waals surface area contributed by atoms with E-state index in [0.717, 1.165) is 22.4 Å². The van der Waals surface area contributed by atoms with Crippen molar-refractivity contribution in [1.82, 2.24) is 9.29 Å². The minimum atomic E-state index is -3.66. The second-order valence-corrected chi connectivity index (χ2v) is 11.4. The van der Waals surface area contributed by atoms with Crippen molar-refractivity contribution < 1.29 is 13.2 Å². The maximum absolute atomic E-state index is 12.9. The summed E-state index contributed by atoms with van der Waals surface area (Å²) >= 11 is 2.52. The monoisotopic (exact) mass is 461 g/mol. The number of benzene rings is 1. The van der Waals surface area contributed by atoms with Gasteiger partial charge in [0.25, 0.3) is 10.0 Å². The normalized spacial score (nSPS) is 17.4. The van der Waals surface area contributed by atoms with E-state index in [0.29, 0.717) is 24.5 Å². The second-order valence-electron chi connectivity index (χ2n) is 7.51. The van der Waals surface area contributed by atoms with E-state index < -0.39 is 16.1 Å². The fourth-order valence-corrected chi connectivity index (χ4v) is 7.51. The first kappa shape index (κ1) is 21.2. The van der Waals surface area contributed by atoms with E-state index in [1.165, 1.54) is 32.5 Å². The van der Waals surface area contributed by atoms with Gasteiger partial charge in [0.2, 0.25) is 5.91 Å². The van der Waals surface area contributed by atoms with Crippen LogP contribution in [0.25, 0.3) is 11.3 Å². The lowest BCUT2D eigenvalue weighted by Crippen LogP contribution is -2.42. The second kappa shape index (κ2) is 8.22. The molecular weight excluding hydrogens is 438 g/mol. The number of thiophene rings is 1. The molecule has 0 bridgehead atoms. The first-order valence-electron chi connectivity index (χ1n) is 9.67. The number of sulfonamides is 1. The van der Waals surface area contributed by atoms with Gasteiger partial charge in [-0.1, -0.05) is 23.8 Å². The van der Waals surface area contributed by atoms with E-state index in [-0.39, 0.29) is 10.1 Å². The maximum Gasteiger partial charge on any atom is 0.253 e. The first-order chi connectivity index (χ1) is 14.3. The molecule has 0 aliphatic carbocycles. The summed E-state index contributed by atoms with van der Waals surface area (Å²) in [6.45, 7) is 6.52. The van der Waals surface area contributed by atoms with E-state index in [4.69, 9.17) is 0 Å². The number of carbonyl (C=O) groups is 1. The Bertz CT molecular complexity index is 1160. The van der Waals surface area contributed by atoms with Crippen LogP contribution in [0.4, 0.5) is 5.13 Å². The quantitative estimate of drug-likeness (QED) is 0.603. The van der Waals surface area contributed by atoms with Crippen LogP contribution in [0.15, 0.2) is 39.2 Å². The summed E-state index contributed by atoms with van der Waals surface area (Å²) in [4.78, 5) is 17.5. The molecule has 1 aliphatic rings. The Balaban J connectivity index is 1.54. The number of nitrogens with one attached hydrogen (secondary N) is 1. The molecule has 158 valence electrons. The predicted octanol–water partition coefficient (Wildman–Crippen LogP) is 4.59. The Morgan fingerprint density at radius 1 is 1.20 bits per heavy atom. The minimum absolute atomic E-state index is 0.268. The summed E-state index contributed by atoms with van der Waals surface area (Å²) in [7, 11) is -3.66. The van der Waals surface area contributed by atoms with Crippen LogP contribution in [0.2, 0.25) is 0 Å². The van der Waals surface area contributed by atoms with Crippen LogP contribution in [0.1, 0.15) is 29.5 Å². The fraction of sp³-hybridized carbons (Fsp3) is 0.333. The molecule has 0 saturated carbocycles. The molecule has 1 saturated heterocycles. The van der Waals surface area contributed by atoms with Gasteiger partial charge in [-0.2, -0.15) is 4.31 Å². The molecule has 9 heteroatoms. The van der Waals surface area contributed by atoms with E-state index in [1.807, 2.05) is 5.38 Å². The molecule has 0 spiro atoms. The smallest absolute Gasteiger partial charge is 0.253 e. The fourth-order valence-electron chi connectivity index (χ4n) is 4.03. The van der Waals surface area contributed by atoms with Crippen molar-refractivity contribution in [2.75, 3.05) is 11.9 Å². The molecule has 4 rings (SSSR count). The number of hydrogen-bond acceptors (Lipinski definition) is 6. The molecule has 1 atom stereocenters. The molecule has 1 amide bonds. The summed E-state index contributed by atoms with van der Waals surface area (Å²) in [6, 6.07) is 6.80. The molecule has 1 fully saturated rings. The van der Waals surface area contributed by atoms with Crippen LogP contribution in [-0.4, -0.2) is 36.2 Å². The van der Waals surface area contributed by atoms with Crippen molar-refractivity contribution in [2.24, 2.45) is 0 Å². The van der Waals surface area contributed by atoms with Crippen LogP contribution >= 0.6 is 22.7 Å². The number of aryl methyl sites for hydroxylation is 3. The minimum Gasteiger partial charge on any atom is -0.301 e. The Morgan fingerprint density at radius 3 is 2.60 bits per heavy atom. The molecule has 0 radical (unpaired) electrons. The topological polar surface area (TPSA) is 79.4 Å². The van der Waals surface area contributed by atoms with Gasteiger partial charge >= 0.3 is 0 Å². The van der Waals surface area contributed by atoms with Gasteiger partial charge in [0.15, 0.2) is 5.13 Å². The zero-order valence-electron chi connectivity index (χ0n) is 17.0. The van der Waals surface area contributed by atoms with Crippen molar-refractivity contribution in [3.63, 3.8) is 0 Å². The first-order valence-corrected chi connectivity index (χ1v) is 12.9. The van der Waals surface area contributed by atoms with Crippen LogP contribution in [0.3, 0.4) is 0 Å². The number of hydrogen-bond donors (Lipinski definition) is 1. The molecular formula is C21H23N3O3S3. The summed E-state index contributed by atoms with van der Waals surface area (Å²) in [6.07, 6.45) is 1.17. The molecule has 1 N–H and O–H groups in total. The number of carbonyl (C=O) groups excluding carboxylic acids is 1. The van der Waals surface area contributed by atoms with Gasteiger partial charge in [0.05, 0.1) is 5.69 Å². The molecule has 1 aliphatic heterocycles. The van der Waals surface area contributed by atoms with E-state index >= 15 is 0 Å². The number of anilines is 1. The van der Waals surface area contributed by atoms with Crippen molar-refractivity contribution in [2.45, 2.75) is 43.9 Å². The molecule has 1 aromatic carbocycles. The summed E-state index contributed by atoms with van der Waals surface area (Å²) < 4.78 is 27.4. The molecule has 2 aromatic heterocycles. The van der Waals surface area contributed by atoms with Crippen molar-refractivity contribution >= 4 is 43.7 Å². The molecule has 30 heavy (non-hydrogen) atoms. The molecule has 3 aromatic rings. The van der Waals surface area contributed by atoms with Gasteiger partial charge < -0.3 is 5.32 Å². The number of rotatable bonds is 5. The van der Waals surface area contributed by atoms with E-state index in [9.17, 15) is 13.2 Å². The van der Waals surface area contributed by atoms with E-state index in [2.05, 4.69) is 43.2 Å². The lowest BCUT2D eigenvalue weighted by atomic mass is 9.98. The van der Waals surface area contributed by atoms with Gasteiger partial charge in [0, 0.05) is 17.5 Å². The van der Waals surface area contributed by atoms with E-state index in [1.54, 1.807) is 17.5 Å². The van der Waals surface area contributed by atoms with Crippen molar-refractivity contribution in [3.05, 3.63) is 51.7 Å². The van der Waals surface area contributed by atoms with Gasteiger partial charge in [-0.15, -0.1) is 22.7 Å². The Hall–Kier alpha value is -2.07. The Labute approximate surface area is 184 Å². The number of amides is 1. The number of thiazole rings is 1. The SMILES string of the molecule is Cc1cc(C)c(-c2csc(NC(=O)C3CCCN3S(=O)(=O)c3cccs3)n2)c(C)c1. The third kappa shape index (κ3) is 3.94. The van der Waals surface area contributed by atoms with Crippen LogP contribution in [0, 0.1) is 20.8 Å². The Morgan fingerprint density at radius 2 is 1.93 bits per heavy atom. The Kier molecular flexibility index (Phi) is 5.80. The summed E-state index contributed by atoms with van der Waals surface area (Å²) in [5.41, 5.74) is 5.37. The number of aromatic nitrogens is 1. The maximum atomic E-state index is 12.9. The van der Waals surface area contributed by atoms with Gasteiger partial charge in [-0.05, 0) is 56.2 Å². The number of nitrogens with zero attached hydrogens (tertiary/aromatic N) is 2.